The third kappa shape index (κ3) is 3.06. The average molecular weight is 376 g/mol. The summed E-state index contributed by atoms with van der Waals surface area (Å²) in [5.41, 5.74) is 0.497. The highest BCUT2D eigenvalue weighted by molar-refractivity contribution is 7.20. The van der Waals surface area contributed by atoms with Gasteiger partial charge in [0, 0.05) is 32.2 Å². The first-order chi connectivity index (χ1) is 12.6. The Hall–Kier alpha value is -1.77. The summed E-state index contributed by atoms with van der Waals surface area (Å²) in [4.78, 5) is 37.4. The Labute approximate surface area is 155 Å². The molecule has 2 aliphatic heterocycles. The number of H-pyrrole nitrogens is 1. The van der Waals surface area contributed by atoms with E-state index in [0.29, 0.717) is 39.7 Å². The van der Waals surface area contributed by atoms with Crippen LogP contribution in [0.5, 0.6) is 0 Å². The number of likely N-dealkylation sites (tertiary alicyclic amines) is 2. The van der Waals surface area contributed by atoms with E-state index in [1.807, 2.05) is 11.8 Å². The first-order valence-corrected chi connectivity index (χ1v) is 9.99. The van der Waals surface area contributed by atoms with Crippen molar-refractivity contribution in [2.75, 3.05) is 39.3 Å². The molecular weight excluding hydrogens is 352 g/mol. The second-order valence-electron chi connectivity index (χ2n) is 7.39. The summed E-state index contributed by atoms with van der Waals surface area (Å²) < 4.78 is 0. The van der Waals surface area contributed by atoms with Crippen LogP contribution in [0.3, 0.4) is 0 Å². The molecule has 2 fully saturated rings. The number of fused-ring (bicyclic) bond motifs is 1. The number of carbonyl (C=O) groups excluding carboxylic acids is 1. The van der Waals surface area contributed by atoms with Crippen LogP contribution in [-0.4, -0.2) is 70.1 Å². The Morgan fingerprint density at radius 1 is 1.35 bits per heavy atom. The maximum atomic E-state index is 13.1. The van der Waals surface area contributed by atoms with Gasteiger partial charge in [0.1, 0.15) is 4.83 Å². The molecule has 2 aliphatic rings. The highest BCUT2D eigenvalue weighted by Crippen LogP contribution is 2.31. The third-order valence-electron chi connectivity index (χ3n) is 5.72. The van der Waals surface area contributed by atoms with Crippen molar-refractivity contribution in [1.82, 2.24) is 19.8 Å². The van der Waals surface area contributed by atoms with Gasteiger partial charge in [-0.25, -0.2) is 4.98 Å². The number of nitrogens with zero attached hydrogens (tertiary/aromatic N) is 3. The molecule has 0 radical (unpaired) electrons. The fourth-order valence-electron chi connectivity index (χ4n) is 4.24. The minimum atomic E-state index is -0.204. The number of amides is 1. The molecule has 0 aliphatic carbocycles. The van der Waals surface area contributed by atoms with Crippen LogP contribution in [0.25, 0.3) is 10.2 Å². The van der Waals surface area contributed by atoms with E-state index in [1.54, 1.807) is 0 Å². The van der Waals surface area contributed by atoms with Crippen molar-refractivity contribution in [3.8, 4) is 0 Å². The third-order valence-corrected chi connectivity index (χ3v) is 6.90. The topological polar surface area (TPSA) is 89.5 Å². The summed E-state index contributed by atoms with van der Waals surface area (Å²) in [5.74, 6) is 0.376. The van der Waals surface area contributed by atoms with Crippen molar-refractivity contribution < 1.29 is 9.90 Å². The Balaban J connectivity index is 1.56. The molecule has 2 aromatic rings. The minimum absolute atomic E-state index is 0.0488. The van der Waals surface area contributed by atoms with E-state index >= 15 is 0 Å². The zero-order valence-electron chi connectivity index (χ0n) is 14.9. The lowest BCUT2D eigenvalue weighted by Gasteiger charge is -2.22. The molecule has 2 atom stereocenters. The molecule has 26 heavy (non-hydrogen) atoms. The lowest BCUT2D eigenvalue weighted by atomic mass is 9.96. The van der Waals surface area contributed by atoms with Gasteiger partial charge in [0.05, 0.1) is 16.6 Å². The lowest BCUT2D eigenvalue weighted by molar-refractivity contribution is 0.0783. The molecule has 2 saturated heterocycles. The maximum Gasteiger partial charge on any atom is 0.264 e. The maximum absolute atomic E-state index is 13.1. The number of hydrogen-bond acceptors (Lipinski definition) is 6. The Morgan fingerprint density at radius 3 is 2.77 bits per heavy atom. The van der Waals surface area contributed by atoms with Crippen LogP contribution in [0.2, 0.25) is 0 Å². The number of aryl methyl sites for hydroxylation is 1. The zero-order valence-corrected chi connectivity index (χ0v) is 15.7. The van der Waals surface area contributed by atoms with Gasteiger partial charge < -0.3 is 19.9 Å². The summed E-state index contributed by atoms with van der Waals surface area (Å²) in [6, 6.07) is 0. The predicted molar refractivity (Wildman–Crippen MR) is 101 cm³/mol. The van der Waals surface area contributed by atoms with E-state index in [9.17, 15) is 14.7 Å². The van der Waals surface area contributed by atoms with Gasteiger partial charge in [0.15, 0.2) is 0 Å². The standard InChI is InChI=1S/C18H24N4O3S/c1-11-14-16(24)19-10-20-17(14)26-15(11)18(25)22-7-12(13(8-22)9-23)6-21-4-2-3-5-21/h10,12-13,23H,2-9H2,1H3,(H,19,20,24)/t12-,13-/m1/s1. The number of aliphatic hydroxyl groups is 1. The van der Waals surface area contributed by atoms with Crippen LogP contribution in [-0.2, 0) is 0 Å². The Kier molecular flexibility index (Phi) is 4.81. The molecule has 140 valence electrons. The van der Waals surface area contributed by atoms with E-state index in [0.717, 1.165) is 19.6 Å². The SMILES string of the molecule is Cc1c(C(=O)N2C[C@@H](CN3CCCC3)[C@@H](CO)C2)sc2nc[nH]c(=O)c12. The molecule has 0 aromatic carbocycles. The number of aliphatic hydroxyl groups excluding tert-OH is 1. The van der Waals surface area contributed by atoms with Gasteiger partial charge in [-0.15, -0.1) is 11.3 Å². The fraction of sp³-hybridized carbons (Fsp3) is 0.611. The summed E-state index contributed by atoms with van der Waals surface area (Å²) in [7, 11) is 0. The second kappa shape index (κ2) is 7.09. The number of thiophene rings is 1. The predicted octanol–water partition coefficient (Wildman–Crippen LogP) is 1.07. The van der Waals surface area contributed by atoms with Crippen molar-refractivity contribution in [1.29, 1.82) is 0 Å². The molecule has 0 unspecified atom stereocenters. The van der Waals surface area contributed by atoms with E-state index in [2.05, 4.69) is 14.9 Å². The number of aromatic nitrogens is 2. The summed E-state index contributed by atoms with van der Waals surface area (Å²) in [5, 5.41) is 10.3. The van der Waals surface area contributed by atoms with Crippen LogP contribution < -0.4 is 5.56 Å². The van der Waals surface area contributed by atoms with Crippen LogP contribution >= 0.6 is 11.3 Å². The van der Waals surface area contributed by atoms with Gasteiger partial charge in [-0.2, -0.15) is 0 Å². The summed E-state index contributed by atoms with van der Waals surface area (Å²) in [6.45, 7) is 6.34. The highest BCUT2D eigenvalue weighted by atomic mass is 32.1. The van der Waals surface area contributed by atoms with E-state index in [-0.39, 0.29) is 24.0 Å². The van der Waals surface area contributed by atoms with Crippen LogP contribution in [0.4, 0.5) is 0 Å². The highest BCUT2D eigenvalue weighted by Gasteiger charge is 2.37. The van der Waals surface area contributed by atoms with Crippen molar-refractivity contribution in [2.45, 2.75) is 19.8 Å². The van der Waals surface area contributed by atoms with Crippen molar-refractivity contribution >= 4 is 27.5 Å². The molecule has 8 heteroatoms. The number of aromatic amines is 1. The monoisotopic (exact) mass is 376 g/mol. The Bertz CT molecular complexity index is 871. The van der Waals surface area contributed by atoms with Crippen LogP contribution in [0.15, 0.2) is 11.1 Å². The lowest BCUT2D eigenvalue weighted by Crippen LogP contribution is -2.32. The molecule has 4 rings (SSSR count). The summed E-state index contributed by atoms with van der Waals surface area (Å²) >= 11 is 1.28. The van der Waals surface area contributed by atoms with Crippen LogP contribution in [0.1, 0.15) is 28.1 Å². The molecule has 1 amide bonds. The van der Waals surface area contributed by atoms with Gasteiger partial charge >= 0.3 is 0 Å². The van der Waals surface area contributed by atoms with Gasteiger partial charge in [-0.05, 0) is 44.3 Å². The molecule has 7 nitrogen and oxygen atoms in total. The van der Waals surface area contributed by atoms with Crippen molar-refractivity contribution in [2.24, 2.45) is 11.8 Å². The largest absolute Gasteiger partial charge is 0.396 e. The number of nitrogens with one attached hydrogen (secondary N) is 1. The molecule has 0 bridgehead atoms. The van der Waals surface area contributed by atoms with Gasteiger partial charge in [0.25, 0.3) is 11.5 Å². The van der Waals surface area contributed by atoms with E-state index in [4.69, 9.17) is 0 Å². The average Bonchev–Trinajstić information content (AvgIpc) is 3.35. The first-order valence-electron chi connectivity index (χ1n) is 9.17. The molecule has 0 saturated carbocycles. The fourth-order valence-corrected chi connectivity index (χ4v) is 5.36. The number of rotatable bonds is 4. The zero-order chi connectivity index (χ0) is 18.3. The van der Waals surface area contributed by atoms with E-state index in [1.165, 1.54) is 30.5 Å². The van der Waals surface area contributed by atoms with Gasteiger partial charge in [-0.1, -0.05) is 0 Å². The van der Waals surface area contributed by atoms with Gasteiger partial charge in [-0.3, -0.25) is 9.59 Å². The number of carbonyl (C=O) groups is 1. The minimum Gasteiger partial charge on any atom is -0.396 e. The first kappa shape index (κ1) is 17.6. The van der Waals surface area contributed by atoms with Crippen molar-refractivity contribution in [3.63, 3.8) is 0 Å². The van der Waals surface area contributed by atoms with Crippen LogP contribution in [0, 0.1) is 18.8 Å². The quantitative estimate of drug-likeness (QED) is 0.833. The molecule has 4 heterocycles. The molecule has 2 N–H and O–H groups in total. The van der Waals surface area contributed by atoms with Crippen molar-refractivity contribution in [3.05, 3.63) is 27.1 Å². The van der Waals surface area contributed by atoms with Gasteiger partial charge in [0.2, 0.25) is 0 Å². The molecule has 2 aromatic heterocycles. The normalized spacial score (nSPS) is 24.0. The summed E-state index contributed by atoms with van der Waals surface area (Å²) in [6.07, 6.45) is 3.85. The number of hydrogen-bond donors (Lipinski definition) is 2. The second-order valence-corrected chi connectivity index (χ2v) is 8.39. The molecule has 0 spiro atoms. The molecular formula is C18H24N4O3S. The smallest absolute Gasteiger partial charge is 0.264 e. The van der Waals surface area contributed by atoms with E-state index < -0.39 is 0 Å². The Morgan fingerprint density at radius 2 is 2.08 bits per heavy atom.